The molecule has 1 saturated carbocycles. The molecule has 0 spiro atoms. The average molecular weight is 219 g/mol. The Labute approximate surface area is 95.5 Å². The molecular formula is C13H17NO2. The van der Waals surface area contributed by atoms with E-state index < -0.39 is 0 Å². The van der Waals surface area contributed by atoms with Gasteiger partial charge in [-0.3, -0.25) is 14.5 Å². The lowest BCUT2D eigenvalue weighted by molar-refractivity contribution is -0.141. The average Bonchev–Trinajstić information content (AvgIpc) is 2.87. The first kappa shape index (κ1) is 10.1. The summed E-state index contributed by atoms with van der Waals surface area (Å²) < 4.78 is 0. The van der Waals surface area contributed by atoms with E-state index in [4.69, 9.17) is 0 Å². The Morgan fingerprint density at radius 1 is 1.19 bits per heavy atom. The molecule has 0 aromatic heterocycles. The van der Waals surface area contributed by atoms with Crippen molar-refractivity contribution in [3.63, 3.8) is 0 Å². The van der Waals surface area contributed by atoms with Gasteiger partial charge in [-0.2, -0.15) is 0 Å². The molecule has 1 aliphatic heterocycles. The Kier molecular flexibility index (Phi) is 2.00. The van der Waals surface area contributed by atoms with E-state index >= 15 is 0 Å². The van der Waals surface area contributed by atoms with Crippen LogP contribution in [0.5, 0.6) is 0 Å². The molecule has 0 radical (unpaired) electrons. The molecule has 3 aliphatic rings. The Balaban J connectivity index is 1.89. The van der Waals surface area contributed by atoms with Crippen molar-refractivity contribution in [1.29, 1.82) is 0 Å². The molecule has 1 saturated heterocycles. The third-order valence-corrected chi connectivity index (χ3v) is 4.11. The second-order valence-electron chi connectivity index (χ2n) is 5.68. The van der Waals surface area contributed by atoms with E-state index in [-0.39, 0.29) is 23.7 Å². The molecule has 2 fully saturated rings. The zero-order valence-corrected chi connectivity index (χ0v) is 9.72. The topological polar surface area (TPSA) is 37.4 Å². The van der Waals surface area contributed by atoms with Crippen molar-refractivity contribution in [3.8, 4) is 0 Å². The second-order valence-corrected chi connectivity index (χ2v) is 5.68. The molecule has 3 nitrogen and oxygen atoms in total. The summed E-state index contributed by atoms with van der Waals surface area (Å²) in [6, 6.07) is 0. The minimum atomic E-state index is -0.0266. The highest BCUT2D eigenvalue weighted by Gasteiger charge is 2.58. The van der Waals surface area contributed by atoms with Crippen LogP contribution in [0.2, 0.25) is 0 Å². The molecule has 4 unspecified atom stereocenters. The van der Waals surface area contributed by atoms with Gasteiger partial charge in [0.2, 0.25) is 11.8 Å². The number of hydrogen-bond donors (Lipinski definition) is 0. The van der Waals surface area contributed by atoms with Gasteiger partial charge in [-0.05, 0) is 24.2 Å². The Hall–Kier alpha value is -1.12. The summed E-state index contributed by atoms with van der Waals surface area (Å²) in [4.78, 5) is 25.9. The molecule has 2 amide bonds. The predicted octanol–water partition coefficient (Wildman–Crippen LogP) is 1.45. The van der Waals surface area contributed by atoms with Gasteiger partial charge >= 0.3 is 0 Å². The van der Waals surface area contributed by atoms with Crippen LogP contribution in [0.25, 0.3) is 0 Å². The number of carbonyl (C=O) groups excluding carboxylic acids is 2. The van der Waals surface area contributed by atoms with Crippen LogP contribution in [0, 0.1) is 29.6 Å². The number of allylic oxidation sites excluding steroid dienone is 2. The number of carbonyl (C=O) groups is 2. The first-order chi connectivity index (χ1) is 7.59. The molecule has 4 atom stereocenters. The minimum Gasteiger partial charge on any atom is -0.282 e. The lowest BCUT2D eigenvalue weighted by Crippen LogP contribution is -2.35. The third kappa shape index (κ3) is 1.14. The van der Waals surface area contributed by atoms with E-state index in [0.29, 0.717) is 24.3 Å². The summed E-state index contributed by atoms with van der Waals surface area (Å²) in [7, 11) is 0. The molecule has 86 valence electrons. The molecule has 16 heavy (non-hydrogen) atoms. The van der Waals surface area contributed by atoms with Crippen LogP contribution in [-0.4, -0.2) is 23.3 Å². The van der Waals surface area contributed by atoms with Gasteiger partial charge in [0.1, 0.15) is 0 Å². The van der Waals surface area contributed by atoms with Crippen molar-refractivity contribution in [2.75, 3.05) is 6.54 Å². The van der Waals surface area contributed by atoms with Crippen LogP contribution in [0.3, 0.4) is 0 Å². The molecule has 2 bridgehead atoms. The maximum atomic E-state index is 12.2. The number of hydrogen-bond acceptors (Lipinski definition) is 2. The number of likely N-dealkylation sites (tertiary alicyclic amines) is 1. The fourth-order valence-electron chi connectivity index (χ4n) is 3.51. The van der Waals surface area contributed by atoms with Gasteiger partial charge in [0, 0.05) is 6.54 Å². The van der Waals surface area contributed by atoms with Crippen LogP contribution in [0.4, 0.5) is 0 Å². The zero-order valence-electron chi connectivity index (χ0n) is 9.72. The second kappa shape index (κ2) is 3.19. The Morgan fingerprint density at radius 2 is 1.69 bits per heavy atom. The molecule has 0 N–H and O–H groups in total. The van der Waals surface area contributed by atoms with Gasteiger partial charge in [-0.1, -0.05) is 26.0 Å². The standard InChI is InChI=1S/C13H17NO2/c1-7(2)6-14-12(15)10-8-3-4-9(5-8)11(10)13(14)16/h3-4,7-11H,5-6H2,1-2H3. The van der Waals surface area contributed by atoms with E-state index in [9.17, 15) is 9.59 Å². The van der Waals surface area contributed by atoms with Gasteiger partial charge in [0.05, 0.1) is 11.8 Å². The van der Waals surface area contributed by atoms with Crippen molar-refractivity contribution < 1.29 is 9.59 Å². The van der Waals surface area contributed by atoms with Crippen LogP contribution < -0.4 is 0 Å². The summed E-state index contributed by atoms with van der Waals surface area (Å²) >= 11 is 0. The SMILES string of the molecule is CC(C)CN1C(=O)C2C3C=CC(C3)C2C1=O. The molecule has 2 aliphatic carbocycles. The van der Waals surface area contributed by atoms with E-state index in [0.717, 1.165) is 6.42 Å². The highest BCUT2D eigenvalue weighted by molar-refractivity contribution is 6.06. The fourth-order valence-corrected chi connectivity index (χ4v) is 3.51. The first-order valence-electron chi connectivity index (χ1n) is 6.13. The highest BCUT2D eigenvalue weighted by Crippen LogP contribution is 2.52. The maximum absolute atomic E-state index is 12.2. The minimum absolute atomic E-state index is 0.0266. The van der Waals surface area contributed by atoms with Crippen molar-refractivity contribution in [2.24, 2.45) is 29.6 Å². The number of amides is 2. The molecule has 0 aromatic rings. The van der Waals surface area contributed by atoms with Crippen LogP contribution in [0.1, 0.15) is 20.3 Å². The van der Waals surface area contributed by atoms with Crippen LogP contribution >= 0.6 is 0 Å². The summed E-state index contributed by atoms with van der Waals surface area (Å²) in [6.07, 6.45) is 5.29. The molecule has 3 heteroatoms. The van der Waals surface area contributed by atoms with Gasteiger partial charge in [-0.25, -0.2) is 0 Å². The maximum Gasteiger partial charge on any atom is 0.233 e. The highest BCUT2D eigenvalue weighted by atomic mass is 16.2. The Morgan fingerprint density at radius 3 is 2.12 bits per heavy atom. The summed E-state index contributed by atoms with van der Waals surface area (Å²) in [5, 5.41) is 0. The predicted molar refractivity (Wildman–Crippen MR) is 59.3 cm³/mol. The van der Waals surface area contributed by atoms with Crippen molar-refractivity contribution in [3.05, 3.63) is 12.2 Å². The lowest BCUT2D eigenvalue weighted by Gasteiger charge is -2.18. The molecule has 0 aromatic carbocycles. The van der Waals surface area contributed by atoms with Crippen molar-refractivity contribution in [1.82, 2.24) is 4.90 Å². The number of nitrogens with zero attached hydrogens (tertiary/aromatic N) is 1. The number of fused-ring (bicyclic) bond motifs is 5. The van der Waals surface area contributed by atoms with E-state index in [2.05, 4.69) is 12.2 Å². The van der Waals surface area contributed by atoms with Crippen molar-refractivity contribution in [2.45, 2.75) is 20.3 Å². The van der Waals surface area contributed by atoms with E-state index in [1.807, 2.05) is 13.8 Å². The third-order valence-electron chi connectivity index (χ3n) is 4.11. The summed E-state index contributed by atoms with van der Waals surface area (Å²) in [5.41, 5.74) is 0. The van der Waals surface area contributed by atoms with Crippen LogP contribution in [0.15, 0.2) is 12.2 Å². The summed E-state index contributed by atoms with van der Waals surface area (Å²) in [5.74, 6) is 1.15. The largest absolute Gasteiger partial charge is 0.282 e. The number of rotatable bonds is 2. The van der Waals surface area contributed by atoms with Gasteiger partial charge < -0.3 is 0 Å². The zero-order chi connectivity index (χ0) is 11.4. The van der Waals surface area contributed by atoms with E-state index in [1.54, 1.807) is 0 Å². The summed E-state index contributed by atoms with van der Waals surface area (Å²) in [6.45, 7) is 4.67. The quantitative estimate of drug-likeness (QED) is 0.520. The molecule has 1 heterocycles. The Bertz CT molecular complexity index is 355. The molecule has 3 rings (SSSR count). The van der Waals surface area contributed by atoms with Gasteiger partial charge in [-0.15, -0.1) is 0 Å². The first-order valence-corrected chi connectivity index (χ1v) is 6.13. The van der Waals surface area contributed by atoms with Crippen LogP contribution in [-0.2, 0) is 9.59 Å². The van der Waals surface area contributed by atoms with E-state index in [1.165, 1.54) is 4.90 Å². The van der Waals surface area contributed by atoms with Gasteiger partial charge in [0.25, 0.3) is 0 Å². The normalized spacial score (nSPS) is 40.3. The monoisotopic (exact) mass is 219 g/mol. The molecular weight excluding hydrogens is 202 g/mol. The number of imide groups is 1. The lowest BCUT2D eigenvalue weighted by atomic mass is 9.85. The fraction of sp³-hybridized carbons (Fsp3) is 0.692. The van der Waals surface area contributed by atoms with Crippen molar-refractivity contribution >= 4 is 11.8 Å². The smallest absolute Gasteiger partial charge is 0.233 e. The van der Waals surface area contributed by atoms with Gasteiger partial charge in [0.15, 0.2) is 0 Å².